The fourth-order valence-electron chi connectivity index (χ4n) is 1.49. The van der Waals surface area contributed by atoms with E-state index in [-0.39, 0.29) is 44.1 Å². The molecule has 0 atom stereocenters. The molecule has 0 unspecified atom stereocenters. The van der Waals surface area contributed by atoms with Crippen molar-refractivity contribution in [2.75, 3.05) is 5.32 Å². The van der Waals surface area contributed by atoms with E-state index in [1.54, 1.807) is 25.1 Å². The standard InChI is InChI=1S/C12H10N3O3.Y/c1-7-4-2-3-5-8(7)11(16)14-9-6-13-15-10(9)12(17)18;/h2-4,6H,1H3,(H,13,15)(H,14,16)(H,17,18);/q-1;. The average molecular weight is 333 g/mol. The Morgan fingerprint density at radius 1 is 1.47 bits per heavy atom. The number of hydrogen-bond acceptors (Lipinski definition) is 3. The molecule has 1 amide bonds. The van der Waals surface area contributed by atoms with Crippen LogP contribution in [0, 0.1) is 13.0 Å². The second kappa shape index (κ2) is 6.59. The van der Waals surface area contributed by atoms with Gasteiger partial charge in [-0.2, -0.15) is 5.10 Å². The molecule has 0 aliphatic heterocycles. The van der Waals surface area contributed by atoms with Gasteiger partial charge in [-0.3, -0.25) is 5.10 Å². The van der Waals surface area contributed by atoms with Crippen molar-refractivity contribution in [1.82, 2.24) is 10.2 Å². The number of carboxylic acid groups (broad SMARTS) is 1. The zero-order valence-electron chi connectivity index (χ0n) is 10.1. The number of amides is 1. The molecule has 0 saturated carbocycles. The van der Waals surface area contributed by atoms with Crippen molar-refractivity contribution in [3.8, 4) is 0 Å². The van der Waals surface area contributed by atoms with Crippen LogP contribution >= 0.6 is 0 Å². The molecule has 0 aliphatic carbocycles. The van der Waals surface area contributed by atoms with E-state index in [0.29, 0.717) is 5.56 Å². The quantitative estimate of drug-likeness (QED) is 0.741. The van der Waals surface area contributed by atoms with E-state index in [1.165, 1.54) is 6.20 Å². The van der Waals surface area contributed by atoms with E-state index in [1.807, 2.05) is 0 Å². The Bertz CT molecular complexity index is 610. The molecular formula is C12H10N3O3Y-. The third-order valence-corrected chi connectivity index (χ3v) is 2.39. The summed E-state index contributed by atoms with van der Waals surface area (Å²) in [6, 6.07) is 7.98. The van der Waals surface area contributed by atoms with E-state index in [2.05, 4.69) is 21.6 Å². The number of nitrogens with one attached hydrogen (secondary N) is 2. The second-order valence-electron chi connectivity index (χ2n) is 3.65. The third kappa shape index (κ3) is 3.48. The van der Waals surface area contributed by atoms with Crippen molar-refractivity contribution in [2.24, 2.45) is 0 Å². The fraction of sp³-hybridized carbons (Fsp3) is 0.0833. The molecule has 3 N–H and O–H groups in total. The molecule has 1 radical (unpaired) electrons. The molecule has 0 saturated heterocycles. The molecule has 19 heavy (non-hydrogen) atoms. The third-order valence-electron chi connectivity index (χ3n) is 2.39. The van der Waals surface area contributed by atoms with Crippen molar-refractivity contribution in [1.29, 1.82) is 0 Å². The van der Waals surface area contributed by atoms with Gasteiger partial charge in [-0.25, -0.2) is 4.79 Å². The number of benzene rings is 1. The zero-order valence-corrected chi connectivity index (χ0v) is 12.9. The van der Waals surface area contributed by atoms with Crippen LogP contribution in [0.3, 0.4) is 0 Å². The van der Waals surface area contributed by atoms with Gasteiger partial charge in [0.2, 0.25) is 0 Å². The minimum atomic E-state index is -1.18. The number of nitrogens with zero attached hydrogens (tertiary/aromatic N) is 1. The summed E-state index contributed by atoms with van der Waals surface area (Å²) >= 11 is 0. The van der Waals surface area contributed by atoms with Crippen LogP contribution < -0.4 is 5.32 Å². The van der Waals surface area contributed by atoms with Gasteiger partial charge in [0.1, 0.15) is 0 Å². The molecule has 1 aromatic heterocycles. The first kappa shape index (κ1) is 15.5. The van der Waals surface area contributed by atoms with Crippen molar-refractivity contribution in [3.05, 3.63) is 47.3 Å². The van der Waals surface area contributed by atoms with Crippen LogP contribution in [-0.2, 0) is 32.7 Å². The number of aromatic carboxylic acids is 1. The predicted octanol–water partition coefficient (Wildman–Crippen LogP) is 1.47. The molecule has 0 bridgehead atoms. The number of aryl methyl sites for hydroxylation is 1. The topological polar surface area (TPSA) is 95.1 Å². The summed E-state index contributed by atoms with van der Waals surface area (Å²) in [7, 11) is 0. The Morgan fingerprint density at radius 2 is 2.21 bits per heavy atom. The van der Waals surface area contributed by atoms with Crippen molar-refractivity contribution < 1.29 is 47.4 Å². The van der Waals surface area contributed by atoms with Crippen LogP contribution in [0.2, 0.25) is 0 Å². The van der Waals surface area contributed by atoms with Crippen LogP contribution in [0.4, 0.5) is 5.69 Å². The first-order valence-corrected chi connectivity index (χ1v) is 5.15. The molecule has 0 spiro atoms. The Balaban J connectivity index is 0.00000180. The summed E-state index contributed by atoms with van der Waals surface area (Å²) < 4.78 is 0. The van der Waals surface area contributed by atoms with Crippen molar-refractivity contribution in [3.63, 3.8) is 0 Å². The number of carbonyl (C=O) groups excluding carboxylic acids is 1. The van der Waals surface area contributed by atoms with Gasteiger partial charge in [0.05, 0.1) is 11.9 Å². The van der Waals surface area contributed by atoms with Gasteiger partial charge in [0, 0.05) is 32.7 Å². The summed E-state index contributed by atoms with van der Waals surface area (Å²) in [4.78, 5) is 22.8. The molecule has 2 aromatic rings. The van der Waals surface area contributed by atoms with Gasteiger partial charge >= 0.3 is 5.97 Å². The minimum absolute atomic E-state index is 0. The van der Waals surface area contributed by atoms with Gasteiger partial charge in [-0.15, -0.1) is 29.8 Å². The Labute approximate surface area is 134 Å². The molecular weight excluding hydrogens is 323 g/mol. The number of aromatic amines is 1. The van der Waals surface area contributed by atoms with Gasteiger partial charge in [-0.1, -0.05) is 12.5 Å². The first-order chi connectivity index (χ1) is 8.59. The molecule has 95 valence electrons. The number of carbonyl (C=O) groups is 2. The molecule has 0 aliphatic rings. The number of hydrogen-bond donors (Lipinski definition) is 3. The van der Waals surface area contributed by atoms with Gasteiger partial charge in [0.15, 0.2) is 11.6 Å². The smallest absolute Gasteiger partial charge is 0.356 e. The molecule has 1 heterocycles. The van der Waals surface area contributed by atoms with Crippen LogP contribution in [0.15, 0.2) is 24.4 Å². The molecule has 6 nitrogen and oxygen atoms in total. The maximum absolute atomic E-state index is 11.9. The number of anilines is 1. The van der Waals surface area contributed by atoms with Crippen molar-refractivity contribution >= 4 is 17.6 Å². The van der Waals surface area contributed by atoms with Crippen molar-refractivity contribution in [2.45, 2.75) is 6.92 Å². The zero-order chi connectivity index (χ0) is 13.1. The number of carboxylic acids is 1. The summed E-state index contributed by atoms with van der Waals surface area (Å²) in [5.41, 5.74) is 1.10. The first-order valence-electron chi connectivity index (χ1n) is 5.15. The number of rotatable bonds is 3. The normalized spacial score (nSPS) is 9.53. The Kier molecular flexibility index (Phi) is 5.38. The van der Waals surface area contributed by atoms with Gasteiger partial charge < -0.3 is 15.2 Å². The number of aromatic nitrogens is 2. The van der Waals surface area contributed by atoms with Gasteiger partial charge in [0.25, 0.3) is 0 Å². The summed E-state index contributed by atoms with van der Waals surface area (Å²) in [6.07, 6.45) is 1.25. The second-order valence-corrected chi connectivity index (χ2v) is 3.65. The predicted molar refractivity (Wildman–Crippen MR) is 63.5 cm³/mol. The summed E-state index contributed by atoms with van der Waals surface area (Å²) in [6.45, 7) is 1.78. The van der Waals surface area contributed by atoms with Crippen LogP contribution in [0.25, 0.3) is 0 Å². The van der Waals surface area contributed by atoms with Crippen LogP contribution in [-0.4, -0.2) is 27.2 Å². The van der Waals surface area contributed by atoms with E-state index >= 15 is 0 Å². The minimum Gasteiger partial charge on any atom is -0.476 e. The molecule has 0 fully saturated rings. The maximum Gasteiger partial charge on any atom is 0.356 e. The summed E-state index contributed by atoms with van der Waals surface area (Å²) in [5.74, 6) is -1.60. The largest absolute Gasteiger partial charge is 0.476 e. The Hall–Kier alpha value is -1.53. The van der Waals surface area contributed by atoms with E-state index in [9.17, 15) is 9.59 Å². The molecule has 7 heteroatoms. The van der Waals surface area contributed by atoms with Crippen LogP contribution in [0.5, 0.6) is 0 Å². The molecule has 1 aromatic carbocycles. The Morgan fingerprint density at radius 3 is 2.84 bits per heavy atom. The van der Waals surface area contributed by atoms with E-state index in [4.69, 9.17) is 5.11 Å². The monoisotopic (exact) mass is 333 g/mol. The van der Waals surface area contributed by atoms with Crippen LogP contribution in [0.1, 0.15) is 26.4 Å². The fourth-order valence-corrected chi connectivity index (χ4v) is 1.49. The number of H-pyrrole nitrogens is 1. The summed E-state index contributed by atoms with van der Waals surface area (Å²) in [5, 5.41) is 17.2. The SMILES string of the molecule is Cc1ccc[c-]c1C(=O)Nc1cn[nH]c1C(=O)O.[Y]. The maximum atomic E-state index is 11.9. The van der Waals surface area contributed by atoms with E-state index < -0.39 is 11.9 Å². The van der Waals surface area contributed by atoms with E-state index in [0.717, 1.165) is 5.56 Å². The van der Waals surface area contributed by atoms with Gasteiger partial charge in [-0.05, 0) is 0 Å². The molecule has 2 rings (SSSR count). The average Bonchev–Trinajstić information content (AvgIpc) is 2.77.